The van der Waals surface area contributed by atoms with Crippen molar-refractivity contribution in [1.82, 2.24) is 14.1 Å². The summed E-state index contributed by atoms with van der Waals surface area (Å²) in [5.74, 6) is 0. The molecule has 0 amide bonds. The number of aryl methyl sites for hydroxylation is 1. The largest absolute Gasteiger partial charge is 0.472 e. The van der Waals surface area contributed by atoms with Crippen LogP contribution in [-0.2, 0) is 23.1 Å². The van der Waals surface area contributed by atoms with Gasteiger partial charge in [-0.2, -0.15) is 9.40 Å². The molecule has 0 aliphatic rings. The van der Waals surface area contributed by atoms with E-state index < -0.39 is 10.0 Å². The molecule has 2 rings (SSSR count). The van der Waals surface area contributed by atoms with Crippen LogP contribution < -0.4 is 0 Å². The summed E-state index contributed by atoms with van der Waals surface area (Å²) < 4.78 is 33.1. The molecule has 0 fully saturated rings. The molecule has 0 bridgehead atoms. The molecule has 2 aromatic heterocycles. The van der Waals surface area contributed by atoms with E-state index in [1.54, 1.807) is 19.9 Å². The van der Waals surface area contributed by atoms with Crippen LogP contribution in [0.25, 0.3) is 0 Å². The van der Waals surface area contributed by atoms with Gasteiger partial charge in [-0.1, -0.05) is 0 Å². The van der Waals surface area contributed by atoms with E-state index in [4.69, 9.17) is 9.52 Å². The van der Waals surface area contributed by atoms with Gasteiger partial charge in [0.15, 0.2) is 0 Å². The lowest BCUT2D eigenvalue weighted by atomic mass is 10.3. The Kier molecular flexibility index (Phi) is 4.50. The summed E-state index contributed by atoms with van der Waals surface area (Å²) in [7, 11) is -2.13. The van der Waals surface area contributed by atoms with E-state index in [-0.39, 0.29) is 24.6 Å². The molecule has 0 unspecified atom stereocenters. The summed E-state index contributed by atoms with van der Waals surface area (Å²) in [4.78, 5) is 0.196. The van der Waals surface area contributed by atoms with Crippen LogP contribution in [0.2, 0.25) is 0 Å². The summed E-state index contributed by atoms with van der Waals surface area (Å²) in [5.41, 5.74) is 1.74. The molecule has 0 spiro atoms. The van der Waals surface area contributed by atoms with Crippen molar-refractivity contribution < 1.29 is 17.9 Å². The normalized spacial score (nSPS) is 12.2. The number of nitrogens with zero attached hydrogens (tertiary/aromatic N) is 3. The first kappa shape index (κ1) is 15.7. The van der Waals surface area contributed by atoms with Gasteiger partial charge in [-0.3, -0.25) is 4.68 Å². The van der Waals surface area contributed by atoms with Gasteiger partial charge >= 0.3 is 0 Å². The highest BCUT2D eigenvalue weighted by atomic mass is 32.2. The van der Waals surface area contributed by atoms with Crippen molar-refractivity contribution in [2.75, 3.05) is 13.7 Å². The van der Waals surface area contributed by atoms with Gasteiger partial charge in [-0.25, -0.2) is 8.42 Å². The number of sulfonamides is 1. The van der Waals surface area contributed by atoms with E-state index in [2.05, 4.69) is 5.10 Å². The zero-order valence-corrected chi connectivity index (χ0v) is 13.1. The predicted molar refractivity (Wildman–Crippen MR) is 76.1 cm³/mol. The molecular weight excluding hydrogens is 294 g/mol. The minimum absolute atomic E-state index is 0.0910. The van der Waals surface area contributed by atoms with Crippen LogP contribution in [0.3, 0.4) is 0 Å². The Balaban J connectivity index is 2.35. The first-order valence-corrected chi connectivity index (χ1v) is 7.94. The van der Waals surface area contributed by atoms with Gasteiger partial charge in [-0.05, 0) is 19.9 Å². The molecule has 2 aromatic rings. The van der Waals surface area contributed by atoms with E-state index in [9.17, 15) is 8.42 Å². The zero-order chi connectivity index (χ0) is 15.6. The molecule has 0 aromatic carbocycles. The molecule has 0 radical (unpaired) electrons. The van der Waals surface area contributed by atoms with Gasteiger partial charge in [0.25, 0.3) is 0 Å². The summed E-state index contributed by atoms with van der Waals surface area (Å²) in [6.07, 6.45) is 3.02. The van der Waals surface area contributed by atoms with Crippen LogP contribution in [0.15, 0.2) is 27.9 Å². The second-order valence-corrected chi connectivity index (χ2v) is 6.82. The fourth-order valence-electron chi connectivity index (χ4n) is 2.25. The van der Waals surface area contributed by atoms with Gasteiger partial charge in [0, 0.05) is 19.2 Å². The van der Waals surface area contributed by atoms with Crippen molar-refractivity contribution in [2.24, 2.45) is 0 Å². The molecule has 0 saturated heterocycles. The van der Waals surface area contributed by atoms with Crippen molar-refractivity contribution in [3.63, 3.8) is 0 Å². The van der Waals surface area contributed by atoms with Crippen LogP contribution >= 0.6 is 0 Å². The third kappa shape index (κ3) is 3.02. The van der Waals surface area contributed by atoms with Crippen LogP contribution in [-0.4, -0.2) is 41.3 Å². The molecule has 2 heterocycles. The maximum Gasteiger partial charge on any atom is 0.246 e. The summed E-state index contributed by atoms with van der Waals surface area (Å²) in [6, 6.07) is 1.72. The lowest BCUT2D eigenvalue weighted by Crippen LogP contribution is -2.27. The van der Waals surface area contributed by atoms with Crippen molar-refractivity contribution in [3.05, 3.63) is 35.5 Å². The maximum atomic E-state index is 12.7. The standard InChI is InChI=1S/C13H19N3O4S/c1-10-13(11(2)16(14-10)5-6-17)21(18,19)15(3)8-12-4-7-20-9-12/h4,7,9,17H,5-6,8H2,1-3H3. The molecule has 0 atom stereocenters. The molecule has 0 aliphatic carbocycles. The summed E-state index contributed by atoms with van der Waals surface area (Å²) >= 11 is 0. The lowest BCUT2D eigenvalue weighted by Gasteiger charge is -2.16. The van der Waals surface area contributed by atoms with Crippen molar-refractivity contribution in [3.8, 4) is 0 Å². The van der Waals surface area contributed by atoms with Crippen molar-refractivity contribution in [1.29, 1.82) is 0 Å². The summed E-state index contributed by atoms with van der Waals surface area (Å²) in [5, 5.41) is 13.2. The zero-order valence-electron chi connectivity index (χ0n) is 12.3. The van der Waals surface area contributed by atoms with E-state index in [1.807, 2.05) is 0 Å². The third-order valence-electron chi connectivity index (χ3n) is 3.28. The first-order valence-electron chi connectivity index (χ1n) is 6.50. The van der Waals surface area contributed by atoms with E-state index in [0.717, 1.165) is 5.56 Å². The maximum absolute atomic E-state index is 12.7. The van der Waals surface area contributed by atoms with Crippen LogP contribution in [0, 0.1) is 13.8 Å². The highest BCUT2D eigenvalue weighted by molar-refractivity contribution is 7.89. The third-order valence-corrected chi connectivity index (χ3v) is 5.34. The van der Waals surface area contributed by atoms with E-state index in [0.29, 0.717) is 11.4 Å². The van der Waals surface area contributed by atoms with Gasteiger partial charge in [0.1, 0.15) is 4.90 Å². The Morgan fingerprint density at radius 2 is 2.14 bits per heavy atom. The fourth-order valence-corrected chi connectivity index (χ4v) is 3.77. The molecule has 0 saturated carbocycles. The number of rotatable bonds is 6. The Morgan fingerprint density at radius 3 is 2.71 bits per heavy atom. The molecule has 116 valence electrons. The van der Waals surface area contributed by atoms with Crippen molar-refractivity contribution >= 4 is 10.0 Å². The number of aliphatic hydroxyl groups is 1. The Labute approximate surface area is 123 Å². The molecule has 7 nitrogen and oxygen atoms in total. The van der Waals surface area contributed by atoms with E-state index in [1.165, 1.54) is 28.6 Å². The van der Waals surface area contributed by atoms with Crippen LogP contribution in [0.4, 0.5) is 0 Å². The summed E-state index contributed by atoms with van der Waals surface area (Å²) in [6.45, 7) is 3.75. The predicted octanol–water partition coefficient (Wildman–Crippen LogP) is 0.906. The highest BCUT2D eigenvalue weighted by Crippen LogP contribution is 2.23. The number of aromatic nitrogens is 2. The average molecular weight is 313 g/mol. The molecule has 0 aliphatic heterocycles. The van der Waals surface area contributed by atoms with Crippen LogP contribution in [0.5, 0.6) is 0 Å². The second-order valence-electron chi connectivity index (χ2n) is 4.84. The molecule has 1 N–H and O–H groups in total. The topological polar surface area (TPSA) is 88.6 Å². The van der Waals surface area contributed by atoms with Gasteiger partial charge < -0.3 is 9.52 Å². The highest BCUT2D eigenvalue weighted by Gasteiger charge is 2.28. The average Bonchev–Trinajstić information content (AvgIpc) is 2.99. The fraction of sp³-hybridized carbons (Fsp3) is 0.462. The van der Waals surface area contributed by atoms with Crippen molar-refractivity contribution in [2.45, 2.75) is 31.8 Å². The molecule has 21 heavy (non-hydrogen) atoms. The quantitative estimate of drug-likeness (QED) is 0.856. The monoisotopic (exact) mass is 313 g/mol. The number of hydrogen-bond acceptors (Lipinski definition) is 5. The first-order chi connectivity index (χ1) is 9.87. The Morgan fingerprint density at radius 1 is 1.43 bits per heavy atom. The van der Waals surface area contributed by atoms with Gasteiger partial charge in [0.05, 0.1) is 37.1 Å². The van der Waals surface area contributed by atoms with Gasteiger partial charge in [0.2, 0.25) is 10.0 Å². The Hall–Kier alpha value is -1.64. The smallest absolute Gasteiger partial charge is 0.246 e. The lowest BCUT2D eigenvalue weighted by molar-refractivity contribution is 0.267. The van der Waals surface area contributed by atoms with Crippen LogP contribution in [0.1, 0.15) is 17.0 Å². The number of hydrogen-bond donors (Lipinski definition) is 1. The number of furan rings is 1. The second kappa shape index (κ2) is 6.00. The van der Waals surface area contributed by atoms with Gasteiger partial charge in [-0.15, -0.1) is 0 Å². The minimum Gasteiger partial charge on any atom is -0.472 e. The molecule has 8 heteroatoms. The SMILES string of the molecule is Cc1nn(CCO)c(C)c1S(=O)(=O)N(C)Cc1ccoc1. The Bertz CT molecular complexity index is 704. The molecular formula is C13H19N3O4S. The minimum atomic E-state index is -3.65. The number of aliphatic hydroxyl groups excluding tert-OH is 1. The van der Waals surface area contributed by atoms with E-state index >= 15 is 0 Å².